The van der Waals surface area contributed by atoms with Gasteiger partial charge in [0.1, 0.15) is 12.5 Å². The van der Waals surface area contributed by atoms with Crippen molar-refractivity contribution in [2.45, 2.75) is 18.8 Å². The lowest BCUT2D eigenvalue weighted by Crippen LogP contribution is -2.44. The van der Waals surface area contributed by atoms with Gasteiger partial charge in [0.15, 0.2) is 5.69 Å². The van der Waals surface area contributed by atoms with Crippen molar-refractivity contribution in [3.8, 4) is 0 Å². The number of aromatic nitrogens is 2. The molecule has 1 fully saturated rings. The lowest BCUT2D eigenvalue weighted by atomic mass is 10.0. The first-order valence-corrected chi connectivity index (χ1v) is 5.98. The third kappa shape index (κ3) is 3.72. The molecule has 7 nitrogen and oxygen atoms in total. The van der Waals surface area contributed by atoms with E-state index in [2.05, 4.69) is 10.4 Å². The molecule has 2 N–H and O–H groups in total. The minimum absolute atomic E-state index is 0.0136. The van der Waals surface area contributed by atoms with Gasteiger partial charge in [-0.05, 0) is 6.07 Å². The van der Waals surface area contributed by atoms with Gasteiger partial charge in [0, 0.05) is 6.20 Å². The number of ether oxygens (including phenoxy) is 1. The van der Waals surface area contributed by atoms with Crippen molar-refractivity contribution in [2.75, 3.05) is 13.2 Å². The predicted octanol–water partition coefficient (Wildman–Crippen LogP) is 0.118. The number of aliphatic carboxylic acids is 1. The van der Waals surface area contributed by atoms with E-state index >= 15 is 0 Å². The summed E-state index contributed by atoms with van der Waals surface area (Å²) in [6, 6.07) is 0.0547. The first-order chi connectivity index (χ1) is 9.77. The van der Waals surface area contributed by atoms with Crippen LogP contribution in [0.1, 0.15) is 5.69 Å². The van der Waals surface area contributed by atoms with Crippen LogP contribution in [0, 0.1) is 5.92 Å². The van der Waals surface area contributed by atoms with Crippen LogP contribution in [0.25, 0.3) is 0 Å². The molecule has 1 aromatic heterocycles. The lowest BCUT2D eigenvalue weighted by molar-refractivity contribution is -0.143. The summed E-state index contributed by atoms with van der Waals surface area (Å²) in [5.74, 6) is -2.60. The number of alkyl halides is 3. The Morgan fingerprint density at radius 2 is 2.19 bits per heavy atom. The third-order valence-electron chi connectivity index (χ3n) is 2.98. The highest BCUT2D eigenvalue weighted by Crippen LogP contribution is 2.27. The Bertz CT molecular complexity index is 543. The highest BCUT2D eigenvalue weighted by atomic mass is 19.4. The average Bonchev–Trinajstić information content (AvgIpc) is 2.96. The van der Waals surface area contributed by atoms with E-state index in [-0.39, 0.29) is 13.2 Å². The molecule has 2 rings (SSSR count). The van der Waals surface area contributed by atoms with Crippen molar-refractivity contribution < 1.29 is 32.6 Å². The monoisotopic (exact) mass is 307 g/mol. The SMILES string of the molecule is O=C(Cn1ccc(C(F)(F)F)n1)NC1COCC1C(=O)O. The molecule has 0 radical (unpaired) electrons. The number of carbonyl (C=O) groups excluding carboxylic acids is 1. The van der Waals surface area contributed by atoms with Gasteiger partial charge in [-0.15, -0.1) is 0 Å². The van der Waals surface area contributed by atoms with Gasteiger partial charge in [-0.3, -0.25) is 14.3 Å². The Hall–Kier alpha value is -2.10. The van der Waals surface area contributed by atoms with E-state index in [9.17, 15) is 22.8 Å². The van der Waals surface area contributed by atoms with Crippen LogP contribution in [0.5, 0.6) is 0 Å². The zero-order valence-corrected chi connectivity index (χ0v) is 10.6. The number of carboxylic acid groups (broad SMARTS) is 1. The largest absolute Gasteiger partial charge is 0.481 e. The van der Waals surface area contributed by atoms with Crippen LogP contribution in [-0.4, -0.2) is 46.0 Å². The summed E-state index contributed by atoms with van der Waals surface area (Å²) >= 11 is 0. The first-order valence-electron chi connectivity index (χ1n) is 5.98. The fourth-order valence-corrected chi connectivity index (χ4v) is 1.94. The van der Waals surface area contributed by atoms with Gasteiger partial charge >= 0.3 is 12.1 Å². The van der Waals surface area contributed by atoms with E-state index in [1.807, 2.05) is 0 Å². The molecular formula is C11H12F3N3O4. The highest BCUT2D eigenvalue weighted by Gasteiger charge is 2.36. The summed E-state index contributed by atoms with van der Waals surface area (Å²) in [5, 5.41) is 14.6. The number of nitrogens with one attached hydrogen (secondary N) is 1. The van der Waals surface area contributed by atoms with Crippen LogP contribution in [0.3, 0.4) is 0 Å². The van der Waals surface area contributed by atoms with E-state index in [1.165, 1.54) is 0 Å². The van der Waals surface area contributed by atoms with Gasteiger partial charge < -0.3 is 15.2 Å². The van der Waals surface area contributed by atoms with Gasteiger partial charge in [0.25, 0.3) is 0 Å². The van der Waals surface area contributed by atoms with Crippen molar-refractivity contribution in [2.24, 2.45) is 5.92 Å². The smallest absolute Gasteiger partial charge is 0.435 e. The number of rotatable bonds is 4. The number of carbonyl (C=O) groups is 2. The number of halogens is 3. The van der Waals surface area contributed by atoms with E-state index in [0.29, 0.717) is 0 Å². The molecule has 0 aliphatic carbocycles. The molecule has 1 amide bonds. The molecule has 2 atom stereocenters. The molecule has 2 unspecified atom stereocenters. The number of hydrogen-bond acceptors (Lipinski definition) is 4. The third-order valence-corrected chi connectivity index (χ3v) is 2.98. The second-order valence-corrected chi connectivity index (χ2v) is 4.55. The van der Waals surface area contributed by atoms with Crippen LogP contribution < -0.4 is 5.32 Å². The maximum atomic E-state index is 12.3. The van der Waals surface area contributed by atoms with Gasteiger partial charge in [-0.1, -0.05) is 0 Å². The highest BCUT2D eigenvalue weighted by molar-refractivity contribution is 5.78. The number of nitrogens with zero attached hydrogens (tertiary/aromatic N) is 2. The van der Waals surface area contributed by atoms with Crippen LogP contribution in [0.2, 0.25) is 0 Å². The van der Waals surface area contributed by atoms with Crippen LogP contribution in [0.15, 0.2) is 12.3 Å². The van der Waals surface area contributed by atoms with E-state index in [4.69, 9.17) is 9.84 Å². The second kappa shape index (κ2) is 5.72. The number of hydrogen-bond donors (Lipinski definition) is 2. The van der Waals surface area contributed by atoms with Crippen LogP contribution >= 0.6 is 0 Å². The normalized spacial score (nSPS) is 22.2. The summed E-state index contributed by atoms with van der Waals surface area (Å²) in [5.41, 5.74) is -1.09. The Morgan fingerprint density at radius 3 is 2.76 bits per heavy atom. The summed E-state index contributed by atoms with van der Waals surface area (Å²) in [7, 11) is 0. The van der Waals surface area contributed by atoms with Crippen molar-refractivity contribution >= 4 is 11.9 Å². The standard InChI is InChI=1S/C11H12F3N3O4/c12-11(13,14)8-1-2-17(16-8)3-9(18)15-7-5-21-4-6(7)10(19)20/h1-2,6-7H,3-5H2,(H,15,18)(H,19,20). The van der Waals surface area contributed by atoms with Crippen LogP contribution in [0.4, 0.5) is 13.2 Å². The van der Waals surface area contributed by atoms with Crippen molar-refractivity contribution in [3.05, 3.63) is 18.0 Å². The summed E-state index contributed by atoms with van der Waals surface area (Å²) in [4.78, 5) is 22.6. The molecule has 1 aromatic rings. The predicted molar refractivity (Wildman–Crippen MR) is 61.1 cm³/mol. The lowest BCUT2D eigenvalue weighted by Gasteiger charge is -2.15. The average molecular weight is 307 g/mol. The Balaban J connectivity index is 1.93. The van der Waals surface area contributed by atoms with E-state index < -0.39 is 42.3 Å². The van der Waals surface area contributed by atoms with Gasteiger partial charge in [0.2, 0.25) is 5.91 Å². The minimum atomic E-state index is -4.57. The summed E-state index contributed by atoms with van der Waals surface area (Å²) < 4.78 is 42.8. The van der Waals surface area contributed by atoms with Gasteiger partial charge in [-0.25, -0.2) is 0 Å². The minimum Gasteiger partial charge on any atom is -0.481 e. The second-order valence-electron chi connectivity index (χ2n) is 4.55. The topological polar surface area (TPSA) is 93.5 Å². The number of amides is 1. The Morgan fingerprint density at radius 1 is 1.48 bits per heavy atom. The quantitative estimate of drug-likeness (QED) is 0.824. The maximum absolute atomic E-state index is 12.3. The zero-order chi connectivity index (χ0) is 15.6. The molecule has 0 saturated carbocycles. The van der Waals surface area contributed by atoms with E-state index in [1.54, 1.807) is 0 Å². The van der Waals surface area contributed by atoms with Crippen molar-refractivity contribution in [3.63, 3.8) is 0 Å². The molecule has 21 heavy (non-hydrogen) atoms. The fourth-order valence-electron chi connectivity index (χ4n) is 1.94. The molecule has 10 heteroatoms. The Labute approximate surface area is 116 Å². The summed E-state index contributed by atoms with van der Waals surface area (Å²) in [6.45, 7) is -0.394. The summed E-state index contributed by atoms with van der Waals surface area (Å²) in [6.07, 6.45) is -3.54. The first kappa shape index (κ1) is 15.3. The van der Waals surface area contributed by atoms with Crippen molar-refractivity contribution in [1.29, 1.82) is 0 Å². The maximum Gasteiger partial charge on any atom is 0.435 e. The van der Waals surface area contributed by atoms with Crippen molar-refractivity contribution in [1.82, 2.24) is 15.1 Å². The molecule has 116 valence electrons. The molecule has 0 aromatic carbocycles. The van der Waals surface area contributed by atoms with E-state index in [0.717, 1.165) is 16.9 Å². The Kier molecular flexibility index (Phi) is 4.16. The molecule has 1 aliphatic rings. The van der Waals surface area contributed by atoms with Crippen LogP contribution in [-0.2, 0) is 27.0 Å². The molecule has 2 heterocycles. The molecule has 0 bridgehead atoms. The molecular weight excluding hydrogens is 295 g/mol. The fraction of sp³-hybridized carbons (Fsp3) is 0.545. The molecule has 0 spiro atoms. The van der Waals surface area contributed by atoms with Gasteiger partial charge in [0.05, 0.1) is 19.3 Å². The molecule has 1 aliphatic heterocycles. The molecule has 1 saturated heterocycles. The number of carboxylic acids is 1. The van der Waals surface area contributed by atoms with Gasteiger partial charge in [-0.2, -0.15) is 18.3 Å². The zero-order valence-electron chi connectivity index (χ0n) is 10.6.